The van der Waals surface area contributed by atoms with E-state index in [0.717, 1.165) is 69.5 Å². The van der Waals surface area contributed by atoms with E-state index < -0.39 is 16.8 Å². The summed E-state index contributed by atoms with van der Waals surface area (Å²) in [6.45, 7) is 25.8. The van der Waals surface area contributed by atoms with Gasteiger partial charge in [-0.15, -0.1) is 0 Å². The summed E-state index contributed by atoms with van der Waals surface area (Å²) in [4.78, 5) is 70.1. The Hall–Kier alpha value is -10.2. The molecule has 0 spiro atoms. The minimum absolute atomic E-state index is 0.0642. The van der Waals surface area contributed by atoms with E-state index in [9.17, 15) is 38.1 Å². The van der Waals surface area contributed by atoms with Gasteiger partial charge in [0.05, 0.1) is 29.6 Å². The fourth-order valence-corrected chi connectivity index (χ4v) is 12.7. The highest BCUT2D eigenvalue weighted by molar-refractivity contribution is 6.32. The van der Waals surface area contributed by atoms with Gasteiger partial charge in [0, 0.05) is 122 Å². The standard InChI is InChI=1S/C24H19ClF3NO3.C20H27ClN6O.C20H26ClN5O.C20H27N5O/c1-2-23(31)22-14-19(9-10-29-22)32-18-6-3-15(4-7-18)11-17(30)12-16-5-8-21(25)20(13-16)24(26,27)28;1-11(2)13(9-28)5-17-25-19(24-16-7-14(21)6-15(22)8-16)18-20(26-17)27(10-23-18)12(3)4;1-12(2)14(10-27)8-17-24-19(23-16-7-5-6-15(21)9-16)18-20(25-17)26(11-22-18)13(3)4;1-4-15(12-26)10-17-23-19(21-11-16-8-6-5-7-9-16)18-20(24-17)25(13-22-18)14(2)3/h3-10,13-14H,2,11-12H2,1H3;6-8,10-13,28H,5,9,22H2,1-4H3,(H,24,25,26);5-7,9,11-14,27H,8,10H2,1-4H3,(H,23,24,25);5-9,13-15,26H,4,10-12H2,1-3H3,(H,21,23,24). The fourth-order valence-electron chi connectivity index (χ4n) is 12.0. The molecule has 0 saturated heterocycles. The molecule has 0 amide bonds. The van der Waals surface area contributed by atoms with Crippen molar-refractivity contribution in [2.45, 2.75) is 159 Å². The van der Waals surface area contributed by atoms with Crippen LogP contribution in [0.5, 0.6) is 11.5 Å². The molecule has 0 aliphatic heterocycles. The molecular weight excluding hydrogens is 1510 g/mol. The number of rotatable bonds is 30. The number of nitrogen functional groups attached to an aromatic ring is 1. The quantitative estimate of drug-likeness (QED) is 0.0162. The fraction of sp³-hybridized carbons (Fsp3) is 0.381. The maximum Gasteiger partial charge on any atom is 0.417 e. The van der Waals surface area contributed by atoms with E-state index >= 15 is 0 Å². The second-order valence-corrected chi connectivity index (χ2v) is 30.4. The van der Waals surface area contributed by atoms with Crippen LogP contribution < -0.4 is 26.4 Å². The highest BCUT2D eigenvalue weighted by atomic mass is 35.5. The molecule has 3 atom stereocenters. The first-order chi connectivity index (χ1) is 53.9. The van der Waals surface area contributed by atoms with Crippen LogP contribution >= 0.6 is 34.8 Å². The number of aliphatic hydroxyl groups excluding tert-OH is 3. The number of Topliss-reactive ketones (excluding diaryl/α,β-unsaturated/α-hetero) is 2. The molecule has 8 N–H and O–H groups in total. The normalized spacial score (nSPS) is 12.4. The third-order valence-electron chi connectivity index (χ3n) is 18.8. The molecule has 7 heterocycles. The molecule has 0 fully saturated rings. The van der Waals surface area contributed by atoms with E-state index in [1.165, 1.54) is 17.8 Å². The number of hydrogen-bond acceptors (Lipinski definition) is 20. The van der Waals surface area contributed by atoms with E-state index in [2.05, 4.69) is 129 Å². The molecule has 0 saturated carbocycles. The van der Waals surface area contributed by atoms with Gasteiger partial charge in [-0.2, -0.15) is 13.2 Å². The number of nitrogens with zero attached hydrogens (tertiary/aromatic N) is 13. The molecule has 5 aromatic carbocycles. The van der Waals surface area contributed by atoms with Crippen molar-refractivity contribution >= 4 is 114 Å². The van der Waals surface area contributed by atoms with Crippen LogP contribution in [-0.4, -0.2) is 110 Å². The van der Waals surface area contributed by atoms with Crippen molar-refractivity contribution in [1.29, 1.82) is 0 Å². The molecule has 113 heavy (non-hydrogen) atoms. The van der Waals surface area contributed by atoms with Gasteiger partial charge in [-0.1, -0.05) is 137 Å². The number of carbonyl (C=O) groups excluding carboxylic acids is 2. The molecule has 0 radical (unpaired) electrons. The molecule has 3 unspecified atom stereocenters. The molecule has 12 aromatic rings. The minimum atomic E-state index is -4.58. The van der Waals surface area contributed by atoms with Gasteiger partial charge in [0.15, 0.2) is 51.2 Å². The first kappa shape index (κ1) is 86.8. The molecule has 0 aliphatic carbocycles. The smallest absolute Gasteiger partial charge is 0.417 e. The third kappa shape index (κ3) is 24.2. The van der Waals surface area contributed by atoms with Gasteiger partial charge in [-0.25, -0.2) is 44.9 Å². The lowest BCUT2D eigenvalue weighted by Gasteiger charge is -2.18. The van der Waals surface area contributed by atoms with Crippen LogP contribution in [0.25, 0.3) is 33.5 Å². The number of ether oxygens (including phenoxy) is 1. The molecule has 0 bridgehead atoms. The molecule has 23 nitrogen and oxygen atoms in total. The lowest BCUT2D eigenvalue weighted by atomic mass is 9.93. The number of carbonyl (C=O) groups is 2. The largest absolute Gasteiger partial charge is 0.457 e. The van der Waals surface area contributed by atoms with Crippen LogP contribution in [0, 0.1) is 29.6 Å². The summed E-state index contributed by atoms with van der Waals surface area (Å²) in [6.07, 6.45) is 5.32. The number of alkyl halides is 3. The molecule has 7 aromatic heterocycles. The van der Waals surface area contributed by atoms with Crippen molar-refractivity contribution in [3.63, 3.8) is 0 Å². The van der Waals surface area contributed by atoms with Gasteiger partial charge in [-0.05, 0) is 155 Å². The predicted molar refractivity (Wildman–Crippen MR) is 442 cm³/mol. The average molecular weight is 1610 g/mol. The van der Waals surface area contributed by atoms with E-state index in [0.29, 0.717) is 111 Å². The van der Waals surface area contributed by atoms with Crippen molar-refractivity contribution in [2.75, 3.05) is 41.5 Å². The number of aliphatic hydroxyl groups is 3. The summed E-state index contributed by atoms with van der Waals surface area (Å²) < 4.78 is 50.8. The number of hydrogen-bond donors (Lipinski definition) is 7. The van der Waals surface area contributed by atoms with Crippen molar-refractivity contribution in [3.8, 4) is 11.5 Å². The average Bonchev–Trinajstić information content (AvgIpc) is 1.66. The third-order valence-corrected chi connectivity index (χ3v) is 19.6. The zero-order chi connectivity index (χ0) is 81.8. The number of anilines is 6. The number of benzene rings is 5. The van der Waals surface area contributed by atoms with Crippen LogP contribution in [-0.2, 0) is 49.6 Å². The number of fused-ring (bicyclic) bond motifs is 3. The summed E-state index contributed by atoms with van der Waals surface area (Å²) >= 11 is 17.9. The lowest BCUT2D eigenvalue weighted by molar-refractivity contribution is -0.137. The first-order valence-corrected chi connectivity index (χ1v) is 38.9. The highest BCUT2D eigenvalue weighted by Gasteiger charge is 2.34. The van der Waals surface area contributed by atoms with E-state index in [1.807, 2.05) is 57.9 Å². The Morgan fingerprint density at radius 2 is 1.04 bits per heavy atom. The van der Waals surface area contributed by atoms with Crippen LogP contribution in [0.3, 0.4) is 0 Å². The Labute approximate surface area is 671 Å². The van der Waals surface area contributed by atoms with Gasteiger partial charge >= 0.3 is 6.18 Å². The number of halogens is 6. The lowest BCUT2D eigenvalue weighted by Crippen LogP contribution is -2.18. The Morgan fingerprint density at radius 1 is 0.522 bits per heavy atom. The molecule has 29 heteroatoms. The highest BCUT2D eigenvalue weighted by Crippen LogP contribution is 2.37. The van der Waals surface area contributed by atoms with Gasteiger partial charge in [0.25, 0.3) is 0 Å². The SMILES string of the molecule is CC(C)C(CO)Cc1nc(Nc2cc(N)cc(Cl)c2)c2ncn(C(C)C)c2n1.CC(C)C(CO)Cc1nc(Nc2cccc(Cl)c2)c2ncn(C(C)C)c2n1.CCC(=O)c1cc(Oc2ccc(CC(=O)Cc3ccc(Cl)c(C(F)(F)F)c3)cc2)ccn1.CCC(CO)Cc1nc(NCc2ccccc2)c2ncn(C(C)C)c2n1. The number of ketones is 2. The van der Waals surface area contributed by atoms with E-state index in [-0.39, 0.29) is 85.7 Å². The van der Waals surface area contributed by atoms with E-state index in [4.69, 9.17) is 75.2 Å². The summed E-state index contributed by atoms with van der Waals surface area (Å²) in [5.74, 6) is 5.79. The second-order valence-electron chi connectivity index (χ2n) is 29.1. The zero-order valence-corrected chi connectivity index (χ0v) is 67.8. The maximum atomic E-state index is 13.0. The summed E-state index contributed by atoms with van der Waals surface area (Å²) in [5, 5.41) is 39.8. The van der Waals surface area contributed by atoms with Gasteiger partial charge < -0.3 is 55.4 Å². The van der Waals surface area contributed by atoms with Crippen molar-refractivity contribution < 1.29 is 42.8 Å². The Bertz CT molecular complexity index is 5110. The first-order valence-electron chi connectivity index (χ1n) is 37.7. The van der Waals surface area contributed by atoms with Crippen LogP contribution in [0.4, 0.5) is 47.7 Å². The molecule has 598 valence electrons. The van der Waals surface area contributed by atoms with Gasteiger partial charge in [-0.3, -0.25) is 14.6 Å². The van der Waals surface area contributed by atoms with Crippen LogP contribution in [0.1, 0.15) is 164 Å². The Kier molecular flexibility index (Phi) is 31.1. The van der Waals surface area contributed by atoms with Crippen LogP contribution in [0.2, 0.25) is 15.1 Å². The Balaban J connectivity index is 0.000000173. The van der Waals surface area contributed by atoms with E-state index in [1.54, 1.807) is 74.2 Å². The Morgan fingerprint density at radius 3 is 1.53 bits per heavy atom. The number of aromatic nitrogens is 13. The number of pyridine rings is 1. The zero-order valence-electron chi connectivity index (χ0n) is 65.6. The maximum absolute atomic E-state index is 13.0. The van der Waals surface area contributed by atoms with Crippen molar-refractivity contribution in [3.05, 3.63) is 213 Å². The monoisotopic (exact) mass is 1600 g/mol. The topological polar surface area (TPSA) is 310 Å². The molecular formula is C84H99Cl3F3N17O6. The number of nitrogens with one attached hydrogen (secondary N) is 3. The second kappa shape index (κ2) is 40.5. The van der Waals surface area contributed by atoms with Gasteiger partial charge in [0.1, 0.15) is 46.0 Å². The van der Waals surface area contributed by atoms with Crippen molar-refractivity contribution in [1.82, 2.24) is 63.5 Å². The van der Waals surface area contributed by atoms with Crippen LogP contribution in [0.15, 0.2) is 153 Å². The summed E-state index contributed by atoms with van der Waals surface area (Å²) in [6, 6.07) is 37.1. The van der Waals surface area contributed by atoms with Gasteiger partial charge in [0.2, 0.25) is 0 Å². The molecule has 12 rings (SSSR count). The number of nitrogens with two attached hydrogens (primary N) is 1. The summed E-state index contributed by atoms with van der Waals surface area (Å²) in [5.41, 5.74) is 14.1. The van der Waals surface area contributed by atoms with Crippen molar-refractivity contribution in [2.24, 2.45) is 29.6 Å². The summed E-state index contributed by atoms with van der Waals surface area (Å²) in [7, 11) is 0. The minimum Gasteiger partial charge on any atom is -0.457 e. The predicted octanol–water partition coefficient (Wildman–Crippen LogP) is 18.9. The number of imidazole rings is 3. The molecule has 0 aliphatic rings.